The highest BCUT2D eigenvalue weighted by atomic mass is 35.5. The number of ether oxygens (including phenoxy) is 1. The maximum atomic E-state index is 12.4. The smallest absolute Gasteiger partial charge is 0.268 e. The van der Waals surface area contributed by atoms with Gasteiger partial charge in [-0.15, -0.1) is 0 Å². The lowest BCUT2D eigenvalue weighted by Crippen LogP contribution is -2.48. The van der Waals surface area contributed by atoms with Gasteiger partial charge in [-0.1, -0.05) is 23.7 Å². The summed E-state index contributed by atoms with van der Waals surface area (Å²) < 4.78 is 5.20. The number of para-hydroxylation sites is 1. The Hall–Kier alpha value is -1.60. The zero-order valence-electron chi connectivity index (χ0n) is 12.7. The largest absolute Gasteiger partial charge is 0.390 e. The van der Waals surface area contributed by atoms with Crippen LogP contribution < -0.4 is 5.32 Å². The minimum Gasteiger partial charge on any atom is -0.390 e. The zero-order valence-corrected chi connectivity index (χ0v) is 13.4. The van der Waals surface area contributed by atoms with E-state index >= 15 is 0 Å². The third kappa shape index (κ3) is 3.07. The summed E-state index contributed by atoms with van der Waals surface area (Å²) in [4.78, 5) is 15.5. The van der Waals surface area contributed by atoms with Gasteiger partial charge in [-0.3, -0.25) is 4.79 Å². The fraction of sp³-hybridized carbons (Fsp3) is 0.438. The van der Waals surface area contributed by atoms with Crippen molar-refractivity contribution in [3.05, 3.63) is 34.5 Å². The maximum Gasteiger partial charge on any atom is 0.268 e. The van der Waals surface area contributed by atoms with Crippen LogP contribution in [0.25, 0.3) is 10.9 Å². The number of aromatic amines is 1. The van der Waals surface area contributed by atoms with Crippen molar-refractivity contribution in [2.45, 2.75) is 19.1 Å². The molecule has 4 N–H and O–H groups in total. The van der Waals surface area contributed by atoms with Crippen molar-refractivity contribution in [2.24, 2.45) is 5.92 Å². The normalized spacial score (nSPS) is 24.8. The van der Waals surface area contributed by atoms with Gasteiger partial charge in [0.2, 0.25) is 0 Å². The average Bonchev–Trinajstić information content (AvgIpc) is 2.87. The molecule has 0 spiro atoms. The van der Waals surface area contributed by atoms with Crippen LogP contribution in [0.4, 0.5) is 0 Å². The Balaban J connectivity index is 1.74. The van der Waals surface area contributed by atoms with E-state index in [1.165, 1.54) is 0 Å². The van der Waals surface area contributed by atoms with Gasteiger partial charge in [-0.2, -0.15) is 0 Å². The Morgan fingerprint density at radius 3 is 2.96 bits per heavy atom. The Morgan fingerprint density at radius 1 is 1.43 bits per heavy atom. The maximum absolute atomic E-state index is 12.4. The van der Waals surface area contributed by atoms with Crippen molar-refractivity contribution in [2.75, 3.05) is 19.8 Å². The Kier molecular flexibility index (Phi) is 4.59. The number of amides is 1. The number of aliphatic hydroxyl groups excluding tert-OH is 2. The number of carbonyl (C=O) groups is 1. The number of hydrogen-bond acceptors (Lipinski definition) is 4. The number of fused-ring (bicyclic) bond motifs is 1. The number of rotatable bonds is 3. The highest BCUT2D eigenvalue weighted by molar-refractivity contribution is 6.35. The molecule has 3 rings (SSSR count). The molecule has 2 heterocycles. The minimum absolute atomic E-state index is 0.116. The molecule has 1 aromatic carbocycles. The van der Waals surface area contributed by atoms with Gasteiger partial charge in [-0.05, 0) is 18.6 Å². The van der Waals surface area contributed by atoms with Crippen LogP contribution in [0.2, 0.25) is 5.02 Å². The molecule has 1 aliphatic rings. The molecule has 23 heavy (non-hydrogen) atoms. The second-order valence-corrected chi connectivity index (χ2v) is 6.26. The molecule has 0 unspecified atom stereocenters. The number of hydrogen-bond donors (Lipinski definition) is 4. The molecule has 1 amide bonds. The molecule has 1 saturated heterocycles. The third-order valence-electron chi connectivity index (χ3n) is 4.29. The summed E-state index contributed by atoms with van der Waals surface area (Å²) in [6.07, 6.45) is -1.82. The van der Waals surface area contributed by atoms with Crippen molar-refractivity contribution in [1.82, 2.24) is 10.3 Å². The molecule has 7 heteroatoms. The van der Waals surface area contributed by atoms with Gasteiger partial charge in [0.05, 0.1) is 29.9 Å². The molecular formula is C16H19ClN2O4. The molecule has 1 fully saturated rings. The predicted octanol–water partition coefficient (Wildman–Crippen LogP) is 1.23. The van der Waals surface area contributed by atoms with Crippen LogP contribution in [0, 0.1) is 12.8 Å². The number of aryl methyl sites for hydroxylation is 1. The van der Waals surface area contributed by atoms with Crippen LogP contribution in [0.15, 0.2) is 18.2 Å². The van der Waals surface area contributed by atoms with Crippen LogP contribution in [-0.4, -0.2) is 53.1 Å². The molecule has 2 aromatic rings. The predicted molar refractivity (Wildman–Crippen MR) is 86.7 cm³/mol. The van der Waals surface area contributed by atoms with Gasteiger partial charge in [0.1, 0.15) is 11.8 Å². The SMILES string of the molecule is Cc1c(C(=O)NC[C@@H]2COC[C@@H](O)[C@H]2O)[nH]c2c(Cl)cccc12. The van der Waals surface area contributed by atoms with E-state index in [4.69, 9.17) is 16.3 Å². The van der Waals surface area contributed by atoms with Crippen LogP contribution in [0.1, 0.15) is 16.1 Å². The van der Waals surface area contributed by atoms with Gasteiger partial charge in [0, 0.05) is 17.8 Å². The number of benzene rings is 1. The van der Waals surface area contributed by atoms with Crippen LogP contribution in [0.5, 0.6) is 0 Å². The summed E-state index contributed by atoms with van der Waals surface area (Å²) in [5.74, 6) is -0.613. The molecule has 1 aliphatic heterocycles. The number of nitrogens with one attached hydrogen (secondary N) is 2. The van der Waals surface area contributed by atoms with Gasteiger partial charge >= 0.3 is 0 Å². The second-order valence-electron chi connectivity index (χ2n) is 5.85. The fourth-order valence-corrected chi connectivity index (χ4v) is 3.11. The number of aromatic nitrogens is 1. The lowest BCUT2D eigenvalue weighted by Gasteiger charge is -2.31. The first-order valence-electron chi connectivity index (χ1n) is 7.48. The molecule has 3 atom stereocenters. The summed E-state index contributed by atoms with van der Waals surface area (Å²) in [7, 11) is 0. The molecule has 0 bridgehead atoms. The summed E-state index contributed by atoms with van der Waals surface area (Å²) in [5.41, 5.74) is 1.99. The van der Waals surface area contributed by atoms with Crippen LogP contribution >= 0.6 is 11.6 Å². The Labute approximate surface area is 138 Å². The Bertz CT molecular complexity index is 730. The Morgan fingerprint density at radius 2 is 2.22 bits per heavy atom. The first-order chi connectivity index (χ1) is 11.0. The van der Waals surface area contributed by atoms with Crippen molar-refractivity contribution in [3.8, 4) is 0 Å². The first-order valence-corrected chi connectivity index (χ1v) is 7.85. The topological polar surface area (TPSA) is 94.6 Å². The van der Waals surface area contributed by atoms with Gasteiger partial charge < -0.3 is 25.3 Å². The standard InChI is InChI=1S/C16H19ClN2O4/c1-8-10-3-2-4-11(17)14(10)19-13(8)16(22)18-5-9-6-23-7-12(20)15(9)21/h2-4,9,12,15,19-21H,5-7H2,1H3,(H,18,22)/t9-,12-,15+/m1/s1. The fourth-order valence-electron chi connectivity index (χ4n) is 2.89. The first kappa shape index (κ1) is 16.3. The quantitative estimate of drug-likeness (QED) is 0.677. The van der Waals surface area contributed by atoms with Crippen molar-refractivity contribution in [1.29, 1.82) is 0 Å². The summed E-state index contributed by atoms with van der Waals surface area (Å²) in [6, 6.07) is 5.50. The van der Waals surface area contributed by atoms with Crippen molar-refractivity contribution in [3.63, 3.8) is 0 Å². The second kappa shape index (κ2) is 6.49. The molecule has 0 aliphatic carbocycles. The number of halogens is 1. The van der Waals surface area contributed by atoms with E-state index in [0.29, 0.717) is 17.3 Å². The van der Waals surface area contributed by atoms with Crippen molar-refractivity contribution >= 4 is 28.4 Å². The average molecular weight is 339 g/mol. The zero-order chi connectivity index (χ0) is 16.6. The monoisotopic (exact) mass is 338 g/mol. The van der Waals surface area contributed by atoms with E-state index in [1.807, 2.05) is 19.1 Å². The minimum atomic E-state index is -0.917. The highest BCUT2D eigenvalue weighted by Crippen LogP contribution is 2.27. The molecule has 0 radical (unpaired) electrons. The van der Waals surface area contributed by atoms with Crippen molar-refractivity contribution < 1.29 is 19.7 Å². The molecular weight excluding hydrogens is 320 g/mol. The van der Waals surface area contributed by atoms with E-state index in [2.05, 4.69) is 10.3 Å². The molecule has 0 saturated carbocycles. The number of aliphatic hydroxyl groups is 2. The van der Waals surface area contributed by atoms with E-state index in [1.54, 1.807) is 6.07 Å². The lowest BCUT2D eigenvalue weighted by molar-refractivity contribution is -0.118. The lowest BCUT2D eigenvalue weighted by atomic mass is 9.96. The summed E-state index contributed by atoms with van der Waals surface area (Å²) in [6.45, 7) is 2.49. The van der Waals surface area contributed by atoms with Crippen LogP contribution in [0.3, 0.4) is 0 Å². The number of carbonyl (C=O) groups excluding carboxylic acids is 1. The van der Waals surface area contributed by atoms with Gasteiger partial charge in [0.25, 0.3) is 5.91 Å². The number of H-pyrrole nitrogens is 1. The molecule has 6 nitrogen and oxygen atoms in total. The molecule has 1 aromatic heterocycles. The van der Waals surface area contributed by atoms with Crippen LogP contribution in [-0.2, 0) is 4.74 Å². The van der Waals surface area contributed by atoms with E-state index in [-0.39, 0.29) is 25.0 Å². The summed E-state index contributed by atoms with van der Waals surface area (Å²) >= 11 is 6.14. The van der Waals surface area contributed by atoms with E-state index in [0.717, 1.165) is 16.5 Å². The van der Waals surface area contributed by atoms with Gasteiger partial charge in [0.15, 0.2) is 0 Å². The summed E-state index contributed by atoms with van der Waals surface area (Å²) in [5, 5.41) is 23.7. The third-order valence-corrected chi connectivity index (χ3v) is 4.61. The van der Waals surface area contributed by atoms with E-state index < -0.39 is 12.2 Å². The molecule has 124 valence electrons. The van der Waals surface area contributed by atoms with E-state index in [9.17, 15) is 15.0 Å². The van der Waals surface area contributed by atoms with Gasteiger partial charge in [-0.25, -0.2) is 0 Å². The highest BCUT2D eigenvalue weighted by Gasteiger charge is 2.31.